The van der Waals surface area contributed by atoms with Gasteiger partial charge in [0.2, 0.25) is 0 Å². The Balaban J connectivity index is 2.44. The molecule has 2 aromatic rings. The summed E-state index contributed by atoms with van der Waals surface area (Å²) in [6.07, 6.45) is 0. The van der Waals surface area contributed by atoms with Crippen molar-refractivity contribution in [2.24, 2.45) is 0 Å². The minimum Gasteiger partial charge on any atom is -0.478 e. The molecular formula is C14H12FNO4S. The average Bonchev–Trinajstić information content (AvgIpc) is 2.41. The fourth-order valence-electron chi connectivity index (χ4n) is 1.73. The molecule has 2 aromatic carbocycles. The number of nitrogens with one attached hydrogen (secondary N) is 1. The maximum atomic E-state index is 13.6. The molecule has 0 fully saturated rings. The first-order valence-electron chi connectivity index (χ1n) is 5.92. The Bertz CT molecular complexity index is 802. The average molecular weight is 309 g/mol. The molecule has 0 heterocycles. The number of aryl methyl sites for hydroxylation is 1. The summed E-state index contributed by atoms with van der Waals surface area (Å²) in [4.78, 5) is 10.4. The van der Waals surface area contributed by atoms with Crippen molar-refractivity contribution in [3.05, 3.63) is 59.4 Å². The van der Waals surface area contributed by atoms with Crippen molar-refractivity contribution in [3.63, 3.8) is 0 Å². The third kappa shape index (κ3) is 3.19. The van der Waals surface area contributed by atoms with Gasteiger partial charge in [-0.1, -0.05) is 18.2 Å². The summed E-state index contributed by atoms with van der Waals surface area (Å²) in [6.45, 7) is 1.62. The first kappa shape index (κ1) is 15.0. The smallest absolute Gasteiger partial charge is 0.335 e. The second-order valence-electron chi connectivity index (χ2n) is 4.37. The van der Waals surface area contributed by atoms with Gasteiger partial charge in [0.05, 0.1) is 11.3 Å². The van der Waals surface area contributed by atoms with Crippen molar-refractivity contribution < 1.29 is 22.7 Å². The van der Waals surface area contributed by atoms with Gasteiger partial charge >= 0.3 is 5.97 Å². The summed E-state index contributed by atoms with van der Waals surface area (Å²) in [6, 6.07) is 8.98. The second-order valence-corrected chi connectivity index (χ2v) is 6.02. The Morgan fingerprint density at radius 2 is 1.86 bits per heavy atom. The monoisotopic (exact) mass is 309 g/mol. The Hall–Kier alpha value is -2.41. The third-order valence-electron chi connectivity index (χ3n) is 2.86. The van der Waals surface area contributed by atoms with E-state index in [1.807, 2.05) is 0 Å². The fraction of sp³-hybridized carbons (Fsp3) is 0.0714. The molecule has 0 atom stereocenters. The Morgan fingerprint density at radius 3 is 2.48 bits per heavy atom. The van der Waals surface area contributed by atoms with Gasteiger partial charge in [0, 0.05) is 0 Å². The molecule has 2 rings (SSSR count). The lowest BCUT2D eigenvalue weighted by Crippen LogP contribution is -2.15. The normalized spacial score (nSPS) is 11.1. The number of benzene rings is 2. The SMILES string of the molecule is Cc1ccc(C(=O)O)cc1NS(=O)(=O)c1ccccc1F. The molecule has 21 heavy (non-hydrogen) atoms. The first-order valence-corrected chi connectivity index (χ1v) is 7.41. The van der Waals surface area contributed by atoms with Crippen molar-refractivity contribution in [1.82, 2.24) is 0 Å². The molecule has 0 saturated heterocycles. The van der Waals surface area contributed by atoms with E-state index in [9.17, 15) is 17.6 Å². The highest BCUT2D eigenvalue weighted by molar-refractivity contribution is 7.92. The molecule has 110 valence electrons. The van der Waals surface area contributed by atoms with Crippen molar-refractivity contribution in [2.75, 3.05) is 4.72 Å². The van der Waals surface area contributed by atoms with Gasteiger partial charge in [0.25, 0.3) is 10.0 Å². The number of hydrogen-bond acceptors (Lipinski definition) is 3. The summed E-state index contributed by atoms with van der Waals surface area (Å²) >= 11 is 0. The van der Waals surface area contributed by atoms with Crippen molar-refractivity contribution in [1.29, 1.82) is 0 Å². The van der Waals surface area contributed by atoms with E-state index in [-0.39, 0.29) is 11.3 Å². The highest BCUT2D eigenvalue weighted by Gasteiger charge is 2.19. The zero-order chi connectivity index (χ0) is 15.6. The summed E-state index contributed by atoms with van der Waals surface area (Å²) in [5.41, 5.74) is 0.560. The van der Waals surface area contributed by atoms with Crippen LogP contribution < -0.4 is 4.72 Å². The quantitative estimate of drug-likeness (QED) is 0.909. The maximum absolute atomic E-state index is 13.6. The molecule has 0 bridgehead atoms. The van der Waals surface area contributed by atoms with Crippen LogP contribution in [0.2, 0.25) is 0 Å². The maximum Gasteiger partial charge on any atom is 0.335 e. The number of hydrogen-bond donors (Lipinski definition) is 2. The highest BCUT2D eigenvalue weighted by atomic mass is 32.2. The molecule has 0 aliphatic rings. The van der Waals surface area contributed by atoms with Crippen molar-refractivity contribution in [3.8, 4) is 0 Å². The Labute approximate surface area is 121 Å². The second kappa shape index (κ2) is 5.53. The predicted octanol–water partition coefficient (Wildman–Crippen LogP) is 2.63. The van der Waals surface area contributed by atoms with Crippen molar-refractivity contribution in [2.45, 2.75) is 11.8 Å². The number of carboxylic acid groups (broad SMARTS) is 1. The summed E-state index contributed by atoms with van der Waals surface area (Å²) in [5, 5.41) is 8.92. The zero-order valence-corrected chi connectivity index (χ0v) is 11.8. The van der Waals surface area contributed by atoms with Crippen LogP contribution in [0.4, 0.5) is 10.1 Å². The number of carbonyl (C=O) groups is 1. The lowest BCUT2D eigenvalue weighted by atomic mass is 10.1. The molecule has 0 radical (unpaired) electrons. The number of aromatic carboxylic acids is 1. The molecule has 2 N–H and O–H groups in total. The van der Waals surface area contributed by atoms with Crippen LogP contribution in [0.25, 0.3) is 0 Å². The predicted molar refractivity (Wildman–Crippen MR) is 75.3 cm³/mol. The van der Waals surface area contributed by atoms with Gasteiger partial charge in [-0.3, -0.25) is 4.72 Å². The molecule has 0 aliphatic heterocycles. The molecule has 0 amide bonds. The number of rotatable bonds is 4. The Morgan fingerprint density at radius 1 is 1.19 bits per heavy atom. The van der Waals surface area contributed by atoms with E-state index in [0.717, 1.165) is 12.1 Å². The van der Waals surface area contributed by atoms with E-state index in [4.69, 9.17) is 5.11 Å². The van der Waals surface area contributed by atoms with Crippen LogP contribution in [-0.2, 0) is 10.0 Å². The molecule has 0 unspecified atom stereocenters. The molecular weight excluding hydrogens is 297 g/mol. The summed E-state index contributed by atoms with van der Waals surface area (Å²) < 4.78 is 40.1. The third-order valence-corrected chi connectivity index (χ3v) is 4.25. The minimum absolute atomic E-state index is 0.0631. The van der Waals surface area contributed by atoms with E-state index in [1.165, 1.54) is 30.3 Å². The molecule has 0 aromatic heterocycles. The first-order chi connectivity index (χ1) is 9.81. The number of sulfonamides is 1. The van der Waals surface area contributed by atoms with E-state index in [1.54, 1.807) is 6.92 Å². The van der Waals surface area contributed by atoms with E-state index < -0.39 is 26.7 Å². The van der Waals surface area contributed by atoms with E-state index >= 15 is 0 Å². The molecule has 7 heteroatoms. The summed E-state index contributed by atoms with van der Waals surface area (Å²) in [5.74, 6) is -2.06. The van der Waals surface area contributed by atoms with Gasteiger partial charge in [-0.15, -0.1) is 0 Å². The molecule has 0 spiro atoms. The van der Waals surface area contributed by atoms with Gasteiger partial charge in [0.15, 0.2) is 0 Å². The van der Waals surface area contributed by atoms with Crippen molar-refractivity contribution >= 4 is 21.7 Å². The van der Waals surface area contributed by atoms with Crippen LogP contribution in [0.15, 0.2) is 47.4 Å². The van der Waals surface area contributed by atoms with Gasteiger partial charge in [-0.05, 0) is 36.8 Å². The van der Waals surface area contributed by atoms with Crippen LogP contribution >= 0.6 is 0 Å². The van der Waals surface area contributed by atoms with Crippen LogP contribution in [0, 0.1) is 12.7 Å². The van der Waals surface area contributed by atoms with Crippen LogP contribution in [-0.4, -0.2) is 19.5 Å². The highest BCUT2D eigenvalue weighted by Crippen LogP contribution is 2.22. The largest absolute Gasteiger partial charge is 0.478 e. The van der Waals surface area contributed by atoms with E-state index in [2.05, 4.69) is 4.72 Å². The van der Waals surface area contributed by atoms with Crippen LogP contribution in [0.5, 0.6) is 0 Å². The van der Waals surface area contributed by atoms with Gasteiger partial charge in [-0.2, -0.15) is 0 Å². The molecule has 0 aliphatic carbocycles. The lowest BCUT2D eigenvalue weighted by Gasteiger charge is -2.11. The van der Waals surface area contributed by atoms with Crippen LogP contribution in [0.3, 0.4) is 0 Å². The van der Waals surface area contributed by atoms with Gasteiger partial charge in [-0.25, -0.2) is 17.6 Å². The van der Waals surface area contributed by atoms with Gasteiger partial charge in [0.1, 0.15) is 10.7 Å². The number of halogens is 1. The number of anilines is 1. The summed E-state index contributed by atoms with van der Waals surface area (Å²) in [7, 11) is -4.13. The molecule has 0 saturated carbocycles. The topological polar surface area (TPSA) is 83.5 Å². The zero-order valence-electron chi connectivity index (χ0n) is 11.0. The number of carboxylic acids is 1. The fourth-order valence-corrected chi connectivity index (χ4v) is 2.93. The van der Waals surface area contributed by atoms with Crippen LogP contribution in [0.1, 0.15) is 15.9 Å². The Kier molecular flexibility index (Phi) is 3.95. The molecule has 5 nitrogen and oxygen atoms in total. The standard InChI is InChI=1S/C14H12FNO4S/c1-9-6-7-10(14(17)18)8-12(9)16-21(19,20)13-5-3-2-4-11(13)15/h2-8,16H,1H3,(H,17,18). The van der Waals surface area contributed by atoms with Gasteiger partial charge < -0.3 is 5.11 Å². The lowest BCUT2D eigenvalue weighted by molar-refractivity contribution is 0.0697. The minimum atomic E-state index is -4.13. The van der Waals surface area contributed by atoms with E-state index in [0.29, 0.717) is 5.56 Å².